The van der Waals surface area contributed by atoms with Crippen LogP contribution in [-0.2, 0) is 0 Å². The third kappa shape index (κ3) is 3.95. The van der Waals surface area contributed by atoms with Gasteiger partial charge in [-0.05, 0) is 49.0 Å². The van der Waals surface area contributed by atoms with Crippen LogP contribution in [-0.4, -0.2) is 5.11 Å². The molecule has 21 heavy (non-hydrogen) atoms. The summed E-state index contributed by atoms with van der Waals surface area (Å²) in [5.41, 5.74) is 0.496. The van der Waals surface area contributed by atoms with Crippen LogP contribution in [0.15, 0.2) is 42.5 Å². The Hall–Kier alpha value is -2.08. The number of hydrogen-bond donors (Lipinski definition) is 2. The van der Waals surface area contributed by atoms with Crippen LogP contribution in [0, 0.1) is 17.5 Å². The van der Waals surface area contributed by atoms with Crippen LogP contribution in [0.3, 0.4) is 0 Å². The highest BCUT2D eigenvalue weighted by Gasteiger charge is 2.12. The van der Waals surface area contributed by atoms with Crippen LogP contribution in [0.1, 0.15) is 18.5 Å². The van der Waals surface area contributed by atoms with Gasteiger partial charge in [0.25, 0.3) is 0 Å². The number of nitrogens with one attached hydrogen (secondary N) is 2. The van der Waals surface area contributed by atoms with E-state index in [1.54, 1.807) is 19.1 Å². The number of halogens is 3. The Kier molecular flexibility index (Phi) is 4.80. The lowest BCUT2D eigenvalue weighted by Gasteiger charge is -2.18. The minimum absolute atomic E-state index is 0.0795. The van der Waals surface area contributed by atoms with Gasteiger partial charge in [-0.15, -0.1) is 0 Å². The third-order valence-corrected chi connectivity index (χ3v) is 3.14. The molecule has 0 radical (unpaired) electrons. The maximum absolute atomic E-state index is 13.5. The molecule has 0 saturated carbocycles. The van der Waals surface area contributed by atoms with Crippen molar-refractivity contribution >= 4 is 23.0 Å². The molecule has 0 aliphatic rings. The molecule has 0 amide bonds. The zero-order chi connectivity index (χ0) is 15.4. The molecule has 0 aliphatic carbocycles. The fourth-order valence-electron chi connectivity index (χ4n) is 1.80. The average molecular weight is 310 g/mol. The third-order valence-electron chi connectivity index (χ3n) is 2.92. The maximum Gasteiger partial charge on any atom is 0.171 e. The number of thiocarbonyl (C=S) groups is 1. The second-order valence-corrected chi connectivity index (χ2v) is 4.88. The van der Waals surface area contributed by atoms with Gasteiger partial charge in [0.1, 0.15) is 23.1 Å². The van der Waals surface area contributed by atoms with Gasteiger partial charge in [0, 0.05) is 0 Å². The SMILES string of the molecule is CC(NC(=S)Nc1c(F)cccc1F)c1ccc(F)cc1. The monoisotopic (exact) mass is 310 g/mol. The molecular weight excluding hydrogens is 297 g/mol. The summed E-state index contributed by atoms with van der Waals surface area (Å²) >= 11 is 5.03. The molecule has 1 atom stereocenters. The maximum atomic E-state index is 13.5. The van der Waals surface area contributed by atoms with Crippen LogP contribution in [0.2, 0.25) is 0 Å². The number of anilines is 1. The summed E-state index contributed by atoms with van der Waals surface area (Å²) in [6.07, 6.45) is 0. The molecule has 0 heterocycles. The van der Waals surface area contributed by atoms with Crippen molar-refractivity contribution in [1.82, 2.24) is 5.32 Å². The van der Waals surface area contributed by atoms with Crippen LogP contribution < -0.4 is 10.6 Å². The van der Waals surface area contributed by atoms with Crippen LogP contribution in [0.5, 0.6) is 0 Å². The van der Waals surface area contributed by atoms with E-state index in [4.69, 9.17) is 12.2 Å². The molecule has 2 N–H and O–H groups in total. The quantitative estimate of drug-likeness (QED) is 0.833. The number of benzene rings is 2. The molecule has 0 fully saturated rings. The topological polar surface area (TPSA) is 24.1 Å². The molecule has 2 rings (SSSR count). The second kappa shape index (κ2) is 6.58. The molecule has 2 aromatic rings. The number of para-hydroxylation sites is 1. The van der Waals surface area contributed by atoms with E-state index in [9.17, 15) is 13.2 Å². The van der Waals surface area contributed by atoms with Gasteiger partial charge in [0.05, 0.1) is 6.04 Å². The first-order valence-corrected chi connectivity index (χ1v) is 6.65. The smallest absolute Gasteiger partial charge is 0.171 e. The summed E-state index contributed by atoms with van der Waals surface area (Å²) in [5.74, 6) is -1.79. The first-order valence-electron chi connectivity index (χ1n) is 6.24. The van der Waals surface area contributed by atoms with Crippen molar-refractivity contribution < 1.29 is 13.2 Å². The molecule has 0 bridgehead atoms. The lowest BCUT2D eigenvalue weighted by molar-refractivity contribution is 0.590. The molecule has 1 unspecified atom stereocenters. The van der Waals surface area contributed by atoms with Gasteiger partial charge in [-0.25, -0.2) is 13.2 Å². The normalized spacial score (nSPS) is 11.8. The Labute approximate surface area is 126 Å². The molecule has 110 valence electrons. The fraction of sp³-hybridized carbons (Fsp3) is 0.133. The van der Waals surface area contributed by atoms with E-state index < -0.39 is 11.6 Å². The van der Waals surface area contributed by atoms with E-state index >= 15 is 0 Å². The van der Waals surface area contributed by atoms with Crippen molar-refractivity contribution in [2.45, 2.75) is 13.0 Å². The Bertz CT molecular complexity index is 624. The summed E-state index contributed by atoms with van der Waals surface area (Å²) in [7, 11) is 0. The number of hydrogen-bond acceptors (Lipinski definition) is 1. The second-order valence-electron chi connectivity index (χ2n) is 4.47. The van der Waals surface area contributed by atoms with Crippen LogP contribution in [0.4, 0.5) is 18.9 Å². The van der Waals surface area contributed by atoms with Crippen molar-refractivity contribution in [3.05, 3.63) is 65.5 Å². The van der Waals surface area contributed by atoms with Crippen molar-refractivity contribution in [2.75, 3.05) is 5.32 Å². The van der Waals surface area contributed by atoms with Crippen molar-refractivity contribution in [3.63, 3.8) is 0 Å². The van der Waals surface area contributed by atoms with E-state index in [2.05, 4.69) is 10.6 Å². The summed E-state index contributed by atoms with van der Waals surface area (Å²) in [4.78, 5) is 0. The van der Waals surface area contributed by atoms with Crippen LogP contribution >= 0.6 is 12.2 Å². The zero-order valence-electron chi connectivity index (χ0n) is 11.2. The van der Waals surface area contributed by atoms with E-state index in [1.807, 2.05) is 0 Å². The van der Waals surface area contributed by atoms with Crippen LogP contribution in [0.25, 0.3) is 0 Å². The largest absolute Gasteiger partial charge is 0.356 e. The molecule has 2 nitrogen and oxygen atoms in total. The number of rotatable bonds is 3. The van der Waals surface area contributed by atoms with Gasteiger partial charge >= 0.3 is 0 Å². The highest BCUT2D eigenvalue weighted by atomic mass is 32.1. The molecule has 0 saturated heterocycles. The fourth-order valence-corrected chi connectivity index (χ4v) is 2.08. The first kappa shape index (κ1) is 15.3. The van der Waals surface area contributed by atoms with Gasteiger partial charge in [-0.2, -0.15) is 0 Å². The van der Waals surface area contributed by atoms with Gasteiger partial charge in [0.15, 0.2) is 5.11 Å². The lowest BCUT2D eigenvalue weighted by Crippen LogP contribution is -2.31. The predicted octanol–water partition coefficient (Wildman–Crippen LogP) is 4.15. The van der Waals surface area contributed by atoms with Gasteiger partial charge in [-0.3, -0.25) is 0 Å². The minimum Gasteiger partial charge on any atom is -0.356 e. The lowest BCUT2D eigenvalue weighted by atomic mass is 10.1. The van der Waals surface area contributed by atoms with E-state index in [1.165, 1.54) is 18.2 Å². The van der Waals surface area contributed by atoms with Gasteiger partial charge in [-0.1, -0.05) is 18.2 Å². The van der Waals surface area contributed by atoms with Crippen molar-refractivity contribution in [3.8, 4) is 0 Å². The predicted molar refractivity (Wildman–Crippen MR) is 80.5 cm³/mol. The Morgan fingerprint density at radius 3 is 2.14 bits per heavy atom. The highest BCUT2D eigenvalue weighted by Crippen LogP contribution is 2.18. The van der Waals surface area contributed by atoms with Crippen molar-refractivity contribution in [1.29, 1.82) is 0 Å². The molecule has 6 heteroatoms. The molecule has 2 aromatic carbocycles. The molecular formula is C15H13F3N2S. The first-order chi connectivity index (χ1) is 9.97. The molecule has 0 aliphatic heterocycles. The van der Waals surface area contributed by atoms with E-state index in [-0.39, 0.29) is 22.7 Å². The van der Waals surface area contributed by atoms with Gasteiger partial charge < -0.3 is 10.6 Å². The van der Waals surface area contributed by atoms with Crippen molar-refractivity contribution in [2.24, 2.45) is 0 Å². The average Bonchev–Trinajstić information content (AvgIpc) is 2.43. The van der Waals surface area contributed by atoms with E-state index in [0.717, 1.165) is 17.7 Å². The Morgan fingerprint density at radius 1 is 1.00 bits per heavy atom. The van der Waals surface area contributed by atoms with E-state index in [0.29, 0.717) is 0 Å². The summed E-state index contributed by atoms with van der Waals surface area (Å²) in [6.45, 7) is 1.80. The highest BCUT2D eigenvalue weighted by molar-refractivity contribution is 7.80. The minimum atomic E-state index is -0.728. The van der Waals surface area contributed by atoms with Gasteiger partial charge in [0.2, 0.25) is 0 Å². The molecule has 0 aromatic heterocycles. The Balaban J connectivity index is 2.03. The summed E-state index contributed by atoms with van der Waals surface area (Å²) in [5, 5.41) is 5.45. The summed E-state index contributed by atoms with van der Waals surface area (Å²) in [6, 6.07) is 9.20. The standard InChI is InChI=1S/C15H13F3N2S/c1-9(10-5-7-11(16)8-6-10)19-15(21)20-14-12(17)3-2-4-13(14)18/h2-9H,1H3,(H2,19,20,21). The summed E-state index contributed by atoms with van der Waals surface area (Å²) < 4.78 is 39.8. The Morgan fingerprint density at radius 2 is 1.57 bits per heavy atom. The zero-order valence-corrected chi connectivity index (χ0v) is 12.0. The molecule has 0 spiro atoms.